The molecular weight excluding hydrogens is 244 g/mol. The van der Waals surface area contributed by atoms with Gasteiger partial charge in [0.05, 0.1) is 0 Å². The molecule has 0 atom stereocenters. The lowest BCUT2D eigenvalue weighted by Gasteiger charge is -2.28. The van der Waals surface area contributed by atoms with Crippen molar-refractivity contribution in [1.29, 1.82) is 0 Å². The summed E-state index contributed by atoms with van der Waals surface area (Å²) in [4.78, 5) is 14.1. The molecule has 2 fully saturated rings. The topological polar surface area (TPSA) is 91.0 Å². The molecule has 6 nitrogen and oxygen atoms in total. The average Bonchev–Trinajstić information content (AvgIpc) is 3.24. The Morgan fingerprint density at radius 1 is 1.26 bits per heavy atom. The average molecular weight is 268 g/mol. The summed E-state index contributed by atoms with van der Waals surface area (Å²) in [6, 6.07) is 0.682. The number of hydrogen-bond donors (Lipinski definition) is 3. The molecule has 108 valence electrons. The second kappa shape index (κ2) is 6.63. The predicted octanol–water partition coefficient (Wildman–Crippen LogP) is 1.63. The van der Waals surface area contributed by atoms with Gasteiger partial charge in [-0.1, -0.05) is 24.4 Å². The third-order valence-electron chi connectivity index (χ3n) is 3.92. The summed E-state index contributed by atoms with van der Waals surface area (Å²) in [5.74, 6) is 0.177. The summed E-state index contributed by atoms with van der Waals surface area (Å²) >= 11 is 0. The number of nitrogens with two attached hydrogens (primary N) is 1. The quantitative estimate of drug-likeness (QED) is 0.306. The highest BCUT2D eigenvalue weighted by Crippen LogP contribution is 2.27. The van der Waals surface area contributed by atoms with Crippen molar-refractivity contribution in [2.24, 2.45) is 10.9 Å². The van der Waals surface area contributed by atoms with E-state index in [1.807, 2.05) is 4.90 Å². The Hall–Kier alpha value is -1.46. The van der Waals surface area contributed by atoms with Crippen molar-refractivity contribution in [3.05, 3.63) is 0 Å². The molecule has 0 spiro atoms. The number of oxime groups is 1. The Balaban J connectivity index is 1.81. The van der Waals surface area contributed by atoms with Gasteiger partial charge in [0.25, 0.3) is 0 Å². The largest absolute Gasteiger partial charge is 0.409 e. The van der Waals surface area contributed by atoms with Gasteiger partial charge in [-0.15, -0.1) is 0 Å². The van der Waals surface area contributed by atoms with Crippen LogP contribution in [0.15, 0.2) is 5.16 Å². The zero-order chi connectivity index (χ0) is 13.7. The van der Waals surface area contributed by atoms with E-state index in [4.69, 9.17) is 10.9 Å². The molecule has 0 aromatic rings. The monoisotopic (exact) mass is 268 g/mol. The SMILES string of the molecule is N/C(CCN(C(=O)NC1CCCCC1)C1CC1)=N/O. The first-order valence-corrected chi connectivity index (χ1v) is 7.24. The normalized spacial score (nSPS) is 21.2. The van der Waals surface area contributed by atoms with Gasteiger partial charge in [-0.2, -0.15) is 0 Å². The minimum Gasteiger partial charge on any atom is -0.409 e. The van der Waals surface area contributed by atoms with Crippen LogP contribution in [0.1, 0.15) is 51.4 Å². The molecule has 4 N–H and O–H groups in total. The van der Waals surface area contributed by atoms with Crippen molar-refractivity contribution in [1.82, 2.24) is 10.2 Å². The Morgan fingerprint density at radius 3 is 2.53 bits per heavy atom. The molecule has 0 radical (unpaired) electrons. The van der Waals surface area contributed by atoms with Gasteiger partial charge in [-0.05, 0) is 25.7 Å². The van der Waals surface area contributed by atoms with E-state index in [1.165, 1.54) is 19.3 Å². The van der Waals surface area contributed by atoms with Crippen LogP contribution in [0.5, 0.6) is 0 Å². The smallest absolute Gasteiger partial charge is 0.317 e. The molecule has 0 aromatic heterocycles. The third-order valence-corrected chi connectivity index (χ3v) is 3.92. The molecular formula is C13H24N4O2. The van der Waals surface area contributed by atoms with Crippen molar-refractivity contribution in [3.8, 4) is 0 Å². The van der Waals surface area contributed by atoms with Gasteiger partial charge in [-0.3, -0.25) is 0 Å². The van der Waals surface area contributed by atoms with E-state index in [2.05, 4.69) is 10.5 Å². The maximum absolute atomic E-state index is 12.3. The zero-order valence-corrected chi connectivity index (χ0v) is 11.3. The summed E-state index contributed by atoms with van der Waals surface area (Å²) in [7, 11) is 0. The highest BCUT2D eigenvalue weighted by molar-refractivity contribution is 5.81. The highest BCUT2D eigenvalue weighted by Gasteiger charge is 2.33. The summed E-state index contributed by atoms with van der Waals surface area (Å²) in [5, 5.41) is 14.6. The van der Waals surface area contributed by atoms with Crippen LogP contribution in [0.4, 0.5) is 4.79 Å². The summed E-state index contributed by atoms with van der Waals surface area (Å²) in [6.45, 7) is 0.527. The molecule has 2 aliphatic rings. The van der Waals surface area contributed by atoms with E-state index >= 15 is 0 Å². The molecule has 0 saturated heterocycles. The lowest BCUT2D eigenvalue weighted by atomic mass is 9.96. The van der Waals surface area contributed by atoms with Crippen LogP contribution in [-0.4, -0.2) is 40.6 Å². The van der Waals surface area contributed by atoms with Gasteiger partial charge in [0.15, 0.2) is 0 Å². The van der Waals surface area contributed by atoms with Gasteiger partial charge in [0, 0.05) is 25.0 Å². The maximum Gasteiger partial charge on any atom is 0.317 e. The Bertz CT molecular complexity index is 336. The first-order chi connectivity index (χ1) is 9.20. The van der Waals surface area contributed by atoms with Gasteiger partial charge >= 0.3 is 6.03 Å². The first-order valence-electron chi connectivity index (χ1n) is 7.24. The maximum atomic E-state index is 12.3. The van der Waals surface area contributed by atoms with Gasteiger partial charge in [0.1, 0.15) is 5.84 Å². The number of urea groups is 1. The van der Waals surface area contributed by atoms with E-state index in [0.717, 1.165) is 25.7 Å². The minimum atomic E-state index is 0.0140. The van der Waals surface area contributed by atoms with Crippen molar-refractivity contribution < 1.29 is 10.0 Å². The number of rotatable bonds is 5. The van der Waals surface area contributed by atoms with Crippen molar-refractivity contribution in [3.63, 3.8) is 0 Å². The number of carbonyl (C=O) groups excluding carboxylic acids is 1. The molecule has 2 aliphatic carbocycles. The predicted molar refractivity (Wildman–Crippen MR) is 73.2 cm³/mol. The summed E-state index contributed by atoms with van der Waals surface area (Å²) in [5.41, 5.74) is 5.47. The van der Waals surface area contributed by atoms with E-state index < -0.39 is 0 Å². The van der Waals surface area contributed by atoms with Gasteiger partial charge in [0.2, 0.25) is 0 Å². The lowest BCUT2D eigenvalue weighted by molar-refractivity contribution is 0.188. The van der Waals surface area contributed by atoms with Crippen LogP contribution in [0, 0.1) is 0 Å². The molecule has 0 heterocycles. The number of carbonyl (C=O) groups is 1. The molecule has 0 aromatic carbocycles. The van der Waals surface area contributed by atoms with E-state index in [0.29, 0.717) is 25.0 Å². The standard InChI is InChI=1S/C13H24N4O2/c14-12(16-19)8-9-17(11-6-7-11)13(18)15-10-4-2-1-3-5-10/h10-11,19H,1-9H2,(H2,14,16)(H,15,18). The van der Waals surface area contributed by atoms with Crippen LogP contribution < -0.4 is 11.1 Å². The first kappa shape index (κ1) is 14.0. The molecule has 6 heteroatoms. The molecule has 0 bridgehead atoms. The number of nitrogens with zero attached hydrogens (tertiary/aromatic N) is 2. The number of nitrogens with one attached hydrogen (secondary N) is 1. The molecule has 2 rings (SSSR count). The van der Waals surface area contributed by atoms with Gasteiger partial charge in [-0.25, -0.2) is 4.79 Å². The van der Waals surface area contributed by atoms with Crippen LogP contribution in [0.3, 0.4) is 0 Å². The fraction of sp³-hybridized carbons (Fsp3) is 0.846. The minimum absolute atomic E-state index is 0.0140. The molecule has 19 heavy (non-hydrogen) atoms. The number of hydrogen-bond acceptors (Lipinski definition) is 3. The Kier molecular flexibility index (Phi) is 4.87. The molecule has 0 unspecified atom stereocenters. The van der Waals surface area contributed by atoms with Crippen LogP contribution >= 0.6 is 0 Å². The van der Waals surface area contributed by atoms with E-state index in [1.54, 1.807) is 0 Å². The van der Waals surface area contributed by atoms with E-state index in [9.17, 15) is 4.79 Å². The Labute approximate surface area is 114 Å². The number of amides is 2. The van der Waals surface area contributed by atoms with Crippen LogP contribution in [-0.2, 0) is 0 Å². The van der Waals surface area contributed by atoms with Crippen molar-refractivity contribution >= 4 is 11.9 Å². The second-order valence-electron chi connectivity index (χ2n) is 5.55. The van der Waals surface area contributed by atoms with E-state index in [-0.39, 0.29) is 11.9 Å². The number of amidine groups is 1. The van der Waals surface area contributed by atoms with Crippen LogP contribution in [0.2, 0.25) is 0 Å². The van der Waals surface area contributed by atoms with Crippen LogP contribution in [0.25, 0.3) is 0 Å². The summed E-state index contributed by atoms with van der Waals surface area (Å²) in [6.07, 6.45) is 8.42. The van der Waals surface area contributed by atoms with Crippen molar-refractivity contribution in [2.75, 3.05) is 6.54 Å². The molecule has 2 saturated carbocycles. The van der Waals surface area contributed by atoms with Crippen molar-refractivity contribution in [2.45, 2.75) is 63.5 Å². The zero-order valence-electron chi connectivity index (χ0n) is 11.3. The second-order valence-corrected chi connectivity index (χ2v) is 5.55. The summed E-state index contributed by atoms with van der Waals surface area (Å²) < 4.78 is 0. The fourth-order valence-electron chi connectivity index (χ4n) is 2.63. The highest BCUT2D eigenvalue weighted by atomic mass is 16.4. The Morgan fingerprint density at radius 2 is 1.95 bits per heavy atom. The fourth-order valence-corrected chi connectivity index (χ4v) is 2.63. The lowest BCUT2D eigenvalue weighted by Crippen LogP contribution is -2.47. The third kappa shape index (κ3) is 4.29. The van der Waals surface area contributed by atoms with Gasteiger partial charge < -0.3 is 21.2 Å². The molecule has 2 amide bonds. The molecule has 0 aliphatic heterocycles.